The number of aliphatic hydroxyl groups is 2. The van der Waals surface area contributed by atoms with Crippen LogP contribution in [0.1, 0.15) is 58.1 Å². The SMILES string of the molecule is CCCCC(O)CN(Cc1ccccn1)CC(O)CCCC. The minimum absolute atomic E-state index is 0.331. The van der Waals surface area contributed by atoms with Crippen molar-refractivity contribution in [3.63, 3.8) is 0 Å². The van der Waals surface area contributed by atoms with Gasteiger partial charge in [-0.15, -0.1) is 0 Å². The molecule has 0 aromatic carbocycles. The Balaban J connectivity index is 2.55. The summed E-state index contributed by atoms with van der Waals surface area (Å²) in [5.74, 6) is 0. The lowest BCUT2D eigenvalue weighted by molar-refractivity contribution is 0.0565. The molecule has 2 atom stereocenters. The van der Waals surface area contributed by atoms with E-state index < -0.39 is 0 Å². The monoisotopic (exact) mass is 308 g/mol. The van der Waals surface area contributed by atoms with Crippen molar-refractivity contribution in [1.29, 1.82) is 0 Å². The van der Waals surface area contributed by atoms with Crippen LogP contribution in [0.2, 0.25) is 0 Å². The molecule has 0 aliphatic heterocycles. The Kier molecular flexibility index (Phi) is 10.0. The zero-order valence-corrected chi connectivity index (χ0v) is 14.1. The van der Waals surface area contributed by atoms with Crippen molar-refractivity contribution in [2.75, 3.05) is 13.1 Å². The lowest BCUT2D eigenvalue weighted by Gasteiger charge is -2.27. The van der Waals surface area contributed by atoms with Gasteiger partial charge in [0.15, 0.2) is 0 Å². The van der Waals surface area contributed by atoms with Crippen molar-refractivity contribution in [2.45, 2.75) is 71.1 Å². The van der Waals surface area contributed by atoms with E-state index in [1.165, 1.54) is 0 Å². The highest BCUT2D eigenvalue weighted by Gasteiger charge is 2.16. The molecule has 126 valence electrons. The van der Waals surface area contributed by atoms with Crippen LogP contribution in [0.25, 0.3) is 0 Å². The number of rotatable bonds is 12. The smallest absolute Gasteiger partial charge is 0.0667 e. The molecular formula is C18H32N2O2. The Morgan fingerprint density at radius 2 is 1.59 bits per heavy atom. The third kappa shape index (κ3) is 8.47. The van der Waals surface area contributed by atoms with Gasteiger partial charge in [0.05, 0.1) is 17.9 Å². The fraction of sp³-hybridized carbons (Fsp3) is 0.722. The van der Waals surface area contributed by atoms with Crippen LogP contribution in [0.5, 0.6) is 0 Å². The summed E-state index contributed by atoms with van der Waals surface area (Å²) < 4.78 is 0. The van der Waals surface area contributed by atoms with E-state index in [1.807, 2.05) is 18.2 Å². The first-order valence-corrected chi connectivity index (χ1v) is 8.64. The fourth-order valence-corrected chi connectivity index (χ4v) is 2.58. The predicted octanol–water partition coefficient (Wildman–Crippen LogP) is 2.99. The number of nitrogens with zero attached hydrogens (tertiary/aromatic N) is 2. The second kappa shape index (κ2) is 11.6. The van der Waals surface area contributed by atoms with Crippen LogP contribution in [0.3, 0.4) is 0 Å². The molecule has 2 N–H and O–H groups in total. The summed E-state index contributed by atoms with van der Waals surface area (Å²) in [4.78, 5) is 6.48. The first-order chi connectivity index (χ1) is 10.7. The van der Waals surface area contributed by atoms with Crippen LogP contribution in [0.4, 0.5) is 0 Å². The molecule has 0 fully saturated rings. The van der Waals surface area contributed by atoms with Crippen LogP contribution < -0.4 is 0 Å². The van der Waals surface area contributed by atoms with Gasteiger partial charge in [-0.05, 0) is 25.0 Å². The molecule has 0 spiro atoms. The van der Waals surface area contributed by atoms with E-state index in [0.29, 0.717) is 19.6 Å². The molecule has 1 rings (SSSR count). The van der Waals surface area contributed by atoms with Crippen LogP contribution in [0.15, 0.2) is 24.4 Å². The summed E-state index contributed by atoms with van der Waals surface area (Å²) in [5.41, 5.74) is 0.980. The average molecular weight is 308 g/mol. The molecule has 0 aliphatic carbocycles. The summed E-state index contributed by atoms with van der Waals surface area (Å²) in [7, 11) is 0. The lowest BCUT2D eigenvalue weighted by atomic mass is 10.1. The maximum atomic E-state index is 10.2. The fourth-order valence-electron chi connectivity index (χ4n) is 2.58. The highest BCUT2D eigenvalue weighted by molar-refractivity contribution is 5.03. The van der Waals surface area contributed by atoms with Crippen LogP contribution >= 0.6 is 0 Å². The third-order valence-electron chi connectivity index (χ3n) is 3.83. The predicted molar refractivity (Wildman–Crippen MR) is 90.6 cm³/mol. The molecule has 0 saturated carbocycles. The molecule has 4 nitrogen and oxygen atoms in total. The molecule has 0 amide bonds. The summed E-state index contributed by atoms with van der Waals surface area (Å²) >= 11 is 0. The normalized spacial score (nSPS) is 14.2. The number of unbranched alkanes of at least 4 members (excludes halogenated alkanes) is 2. The van der Waals surface area contributed by atoms with Gasteiger partial charge in [-0.1, -0.05) is 45.6 Å². The average Bonchev–Trinajstić information content (AvgIpc) is 2.51. The zero-order valence-electron chi connectivity index (χ0n) is 14.1. The Hall–Kier alpha value is -0.970. The number of hydrogen-bond donors (Lipinski definition) is 2. The molecule has 1 heterocycles. The quantitative estimate of drug-likeness (QED) is 0.623. The third-order valence-corrected chi connectivity index (χ3v) is 3.83. The number of hydrogen-bond acceptors (Lipinski definition) is 4. The molecule has 1 aromatic heterocycles. The molecule has 0 aliphatic rings. The molecule has 1 aromatic rings. The minimum atomic E-state index is -0.331. The van der Waals surface area contributed by atoms with Gasteiger partial charge in [0.1, 0.15) is 0 Å². The summed E-state index contributed by atoms with van der Waals surface area (Å²) in [5, 5.41) is 20.3. The number of aromatic nitrogens is 1. The Bertz CT molecular complexity index is 357. The summed E-state index contributed by atoms with van der Waals surface area (Å²) in [6.07, 6.45) is 7.03. The molecule has 0 bridgehead atoms. The molecular weight excluding hydrogens is 276 g/mol. The first kappa shape index (κ1) is 19.1. The maximum absolute atomic E-state index is 10.2. The lowest BCUT2D eigenvalue weighted by Crippen LogP contribution is -2.37. The van der Waals surface area contributed by atoms with E-state index in [4.69, 9.17) is 0 Å². The van der Waals surface area contributed by atoms with Crippen molar-refractivity contribution in [3.8, 4) is 0 Å². The summed E-state index contributed by atoms with van der Waals surface area (Å²) in [6, 6.07) is 5.87. The second-order valence-corrected chi connectivity index (χ2v) is 6.11. The standard InChI is InChI=1S/C18H32N2O2/c1-3-5-10-17(21)14-20(15-18(22)11-6-4-2)13-16-9-7-8-12-19-16/h7-9,12,17-18,21-22H,3-6,10-11,13-15H2,1-2H3. The Labute approximate surface area is 135 Å². The van der Waals surface area contributed by atoms with E-state index >= 15 is 0 Å². The Morgan fingerprint density at radius 1 is 1.00 bits per heavy atom. The van der Waals surface area contributed by atoms with Gasteiger partial charge in [0.25, 0.3) is 0 Å². The van der Waals surface area contributed by atoms with Crippen LogP contribution in [0, 0.1) is 0 Å². The van der Waals surface area contributed by atoms with Crippen LogP contribution in [-0.2, 0) is 6.54 Å². The second-order valence-electron chi connectivity index (χ2n) is 6.11. The largest absolute Gasteiger partial charge is 0.392 e. The highest BCUT2D eigenvalue weighted by Crippen LogP contribution is 2.10. The van der Waals surface area contributed by atoms with Gasteiger partial charge in [-0.2, -0.15) is 0 Å². The molecule has 0 saturated heterocycles. The summed E-state index contributed by atoms with van der Waals surface area (Å²) in [6.45, 7) is 6.13. The minimum Gasteiger partial charge on any atom is -0.392 e. The van der Waals surface area contributed by atoms with Gasteiger partial charge in [-0.3, -0.25) is 9.88 Å². The number of aliphatic hydroxyl groups excluding tert-OH is 2. The van der Waals surface area contributed by atoms with Crippen molar-refractivity contribution in [2.24, 2.45) is 0 Å². The van der Waals surface area contributed by atoms with E-state index in [2.05, 4.69) is 23.7 Å². The van der Waals surface area contributed by atoms with Gasteiger partial charge >= 0.3 is 0 Å². The molecule has 22 heavy (non-hydrogen) atoms. The van der Waals surface area contributed by atoms with Crippen molar-refractivity contribution in [1.82, 2.24) is 9.88 Å². The van der Waals surface area contributed by atoms with Gasteiger partial charge in [-0.25, -0.2) is 0 Å². The number of pyridine rings is 1. The van der Waals surface area contributed by atoms with E-state index in [1.54, 1.807) is 6.20 Å². The first-order valence-electron chi connectivity index (χ1n) is 8.64. The zero-order chi connectivity index (χ0) is 16.2. The van der Waals surface area contributed by atoms with Crippen molar-refractivity contribution in [3.05, 3.63) is 30.1 Å². The molecule has 2 unspecified atom stereocenters. The van der Waals surface area contributed by atoms with Crippen molar-refractivity contribution < 1.29 is 10.2 Å². The van der Waals surface area contributed by atoms with E-state index in [-0.39, 0.29) is 12.2 Å². The van der Waals surface area contributed by atoms with E-state index in [9.17, 15) is 10.2 Å². The van der Waals surface area contributed by atoms with Gasteiger partial charge in [0, 0.05) is 25.8 Å². The highest BCUT2D eigenvalue weighted by atomic mass is 16.3. The topological polar surface area (TPSA) is 56.6 Å². The maximum Gasteiger partial charge on any atom is 0.0667 e. The van der Waals surface area contributed by atoms with Gasteiger partial charge < -0.3 is 10.2 Å². The molecule has 0 radical (unpaired) electrons. The van der Waals surface area contributed by atoms with E-state index in [0.717, 1.165) is 44.2 Å². The Morgan fingerprint density at radius 3 is 2.05 bits per heavy atom. The van der Waals surface area contributed by atoms with Crippen LogP contribution in [-0.4, -0.2) is 45.4 Å². The van der Waals surface area contributed by atoms with Crippen molar-refractivity contribution >= 4 is 0 Å². The molecule has 4 heteroatoms. The van der Waals surface area contributed by atoms with Gasteiger partial charge in [0.2, 0.25) is 0 Å².